The summed E-state index contributed by atoms with van der Waals surface area (Å²) in [7, 11) is -3.64. The first kappa shape index (κ1) is 14.7. The van der Waals surface area contributed by atoms with Crippen LogP contribution in [0.5, 0.6) is 0 Å². The van der Waals surface area contributed by atoms with Gasteiger partial charge in [0.1, 0.15) is 0 Å². The van der Waals surface area contributed by atoms with Gasteiger partial charge in [0.25, 0.3) is 0 Å². The molecule has 18 heavy (non-hydrogen) atoms. The topological polar surface area (TPSA) is 66.4 Å². The first-order valence-corrected chi connectivity index (χ1v) is 7.06. The molecule has 0 unspecified atom stereocenters. The second-order valence-electron chi connectivity index (χ2n) is 4.24. The number of terminal acetylenes is 1. The highest BCUT2D eigenvalue weighted by Gasteiger charge is 2.19. The second-order valence-corrected chi connectivity index (χ2v) is 5.95. The van der Waals surface area contributed by atoms with Crippen LogP contribution in [-0.4, -0.2) is 25.7 Å². The molecule has 0 heterocycles. The van der Waals surface area contributed by atoms with Crippen LogP contribution in [0.4, 0.5) is 0 Å². The molecule has 0 saturated heterocycles. The van der Waals surface area contributed by atoms with Crippen LogP contribution < -0.4 is 4.72 Å². The molecule has 2 N–H and O–H groups in total. The largest absolute Gasteiger partial charge is 0.393 e. The third kappa shape index (κ3) is 4.15. The van der Waals surface area contributed by atoms with Gasteiger partial charge in [-0.1, -0.05) is 23.6 Å². The Morgan fingerprint density at radius 3 is 2.39 bits per heavy atom. The van der Waals surface area contributed by atoms with Crippen LogP contribution in [0.2, 0.25) is 0 Å². The Kier molecular flexibility index (Phi) is 4.91. The Hall–Kier alpha value is -1.35. The van der Waals surface area contributed by atoms with Gasteiger partial charge in [-0.15, -0.1) is 6.42 Å². The molecular weight excluding hydrogens is 250 g/mol. The summed E-state index contributed by atoms with van der Waals surface area (Å²) in [6.45, 7) is 3.44. The van der Waals surface area contributed by atoms with Crippen molar-refractivity contribution in [2.24, 2.45) is 0 Å². The summed E-state index contributed by atoms with van der Waals surface area (Å²) in [5.74, 6) is 2.32. The van der Waals surface area contributed by atoms with Crippen molar-refractivity contribution in [1.82, 2.24) is 4.72 Å². The Labute approximate surface area is 108 Å². The average molecular weight is 267 g/mol. The van der Waals surface area contributed by atoms with Gasteiger partial charge in [0.15, 0.2) is 0 Å². The molecule has 1 rings (SSSR count). The van der Waals surface area contributed by atoms with Crippen molar-refractivity contribution in [3.63, 3.8) is 0 Å². The van der Waals surface area contributed by atoms with Crippen LogP contribution in [-0.2, 0) is 10.0 Å². The van der Waals surface area contributed by atoms with Crippen LogP contribution in [0.3, 0.4) is 0 Å². The maximum absolute atomic E-state index is 12.0. The maximum atomic E-state index is 12.0. The summed E-state index contributed by atoms with van der Waals surface area (Å²) in [5.41, 5.74) is 0.978. The van der Waals surface area contributed by atoms with Gasteiger partial charge in [-0.25, -0.2) is 8.42 Å². The molecule has 0 aliphatic rings. The Balaban J connectivity index is 2.88. The zero-order valence-electron chi connectivity index (χ0n) is 10.4. The number of aliphatic hydroxyl groups is 1. The standard InChI is InChI=1S/C13H17NO3S/c1-4-12(9-11(3)15)14-18(16,17)13-7-5-10(2)6-8-13/h1,5-8,11-12,14-15H,9H2,2-3H3/t11-,12-/m1/s1. The number of aryl methyl sites for hydroxylation is 1. The van der Waals surface area contributed by atoms with Gasteiger partial charge in [0.2, 0.25) is 10.0 Å². The summed E-state index contributed by atoms with van der Waals surface area (Å²) < 4.78 is 26.4. The average Bonchev–Trinajstić information content (AvgIpc) is 2.27. The minimum Gasteiger partial charge on any atom is -0.393 e. The Morgan fingerprint density at radius 2 is 1.94 bits per heavy atom. The first-order valence-electron chi connectivity index (χ1n) is 5.58. The Bertz CT molecular complexity index is 526. The van der Waals surface area contributed by atoms with E-state index >= 15 is 0 Å². The lowest BCUT2D eigenvalue weighted by atomic mass is 10.2. The molecule has 0 aromatic heterocycles. The predicted octanol–water partition coefficient (Wildman–Crippen LogP) is 1.05. The SMILES string of the molecule is C#C[C@H](C[C@@H](C)O)NS(=O)(=O)c1ccc(C)cc1. The fraction of sp³-hybridized carbons (Fsp3) is 0.385. The third-order valence-electron chi connectivity index (χ3n) is 2.41. The van der Waals surface area contributed by atoms with E-state index in [0.29, 0.717) is 0 Å². The Morgan fingerprint density at radius 1 is 1.39 bits per heavy atom. The molecule has 0 radical (unpaired) electrons. The molecule has 0 spiro atoms. The smallest absolute Gasteiger partial charge is 0.241 e. The number of aliphatic hydroxyl groups excluding tert-OH is 1. The minimum atomic E-state index is -3.64. The summed E-state index contributed by atoms with van der Waals surface area (Å²) in [6, 6.07) is 5.76. The van der Waals surface area contributed by atoms with Gasteiger partial charge in [-0.05, 0) is 26.0 Å². The van der Waals surface area contributed by atoms with Crippen molar-refractivity contribution < 1.29 is 13.5 Å². The van der Waals surface area contributed by atoms with Crippen molar-refractivity contribution in [3.8, 4) is 12.3 Å². The van der Waals surface area contributed by atoms with E-state index in [-0.39, 0.29) is 11.3 Å². The number of nitrogens with one attached hydrogen (secondary N) is 1. The number of hydrogen-bond donors (Lipinski definition) is 2. The lowest BCUT2D eigenvalue weighted by Gasteiger charge is -2.15. The zero-order chi connectivity index (χ0) is 13.8. The molecule has 0 amide bonds. The summed E-state index contributed by atoms with van der Waals surface area (Å²) in [5, 5.41) is 9.23. The fourth-order valence-corrected chi connectivity index (χ4v) is 2.63. The van der Waals surface area contributed by atoms with E-state index in [1.54, 1.807) is 19.1 Å². The van der Waals surface area contributed by atoms with Gasteiger partial charge < -0.3 is 5.11 Å². The van der Waals surface area contributed by atoms with Gasteiger partial charge in [-0.3, -0.25) is 0 Å². The van der Waals surface area contributed by atoms with E-state index in [1.807, 2.05) is 6.92 Å². The maximum Gasteiger partial charge on any atom is 0.241 e. The summed E-state index contributed by atoms with van der Waals surface area (Å²) in [4.78, 5) is 0.166. The van der Waals surface area contributed by atoms with Crippen LogP contribution >= 0.6 is 0 Å². The molecule has 98 valence electrons. The molecule has 2 atom stereocenters. The van der Waals surface area contributed by atoms with Crippen molar-refractivity contribution in [2.75, 3.05) is 0 Å². The van der Waals surface area contributed by atoms with E-state index < -0.39 is 22.2 Å². The predicted molar refractivity (Wildman–Crippen MR) is 70.4 cm³/mol. The van der Waals surface area contributed by atoms with E-state index in [9.17, 15) is 13.5 Å². The molecule has 0 aliphatic carbocycles. The minimum absolute atomic E-state index is 0.166. The van der Waals surface area contributed by atoms with Crippen LogP contribution in [0, 0.1) is 19.3 Å². The summed E-state index contributed by atoms with van der Waals surface area (Å²) in [6.07, 6.45) is 4.76. The van der Waals surface area contributed by atoms with Gasteiger partial charge in [0.05, 0.1) is 17.0 Å². The zero-order valence-corrected chi connectivity index (χ0v) is 11.2. The highest BCUT2D eigenvalue weighted by atomic mass is 32.2. The number of rotatable bonds is 5. The molecule has 0 saturated carbocycles. The lowest BCUT2D eigenvalue weighted by molar-refractivity contribution is 0.179. The number of sulfonamides is 1. The number of benzene rings is 1. The van der Waals surface area contributed by atoms with E-state index in [2.05, 4.69) is 10.6 Å². The quantitative estimate of drug-likeness (QED) is 0.784. The van der Waals surface area contributed by atoms with E-state index in [1.165, 1.54) is 12.1 Å². The van der Waals surface area contributed by atoms with E-state index in [4.69, 9.17) is 6.42 Å². The normalized spacial score (nSPS) is 14.8. The highest BCUT2D eigenvalue weighted by Crippen LogP contribution is 2.11. The second kappa shape index (κ2) is 6.01. The van der Waals surface area contributed by atoms with Gasteiger partial charge in [0, 0.05) is 6.42 Å². The summed E-state index contributed by atoms with van der Waals surface area (Å²) >= 11 is 0. The molecule has 1 aromatic rings. The molecule has 5 heteroatoms. The molecule has 0 bridgehead atoms. The lowest BCUT2D eigenvalue weighted by Crippen LogP contribution is -2.35. The van der Waals surface area contributed by atoms with Crippen molar-refractivity contribution >= 4 is 10.0 Å². The van der Waals surface area contributed by atoms with Crippen molar-refractivity contribution in [1.29, 1.82) is 0 Å². The molecule has 0 aliphatic heterocycles. The van der Waals surface area contributed by atoms with Crippen LogP contribution in [0.1, 0.15) is 18.9 Å². The molecule has 1 aromatic carbocycles. The van der Waals surface area contributed by atoms with Crippen LogP contribution in [0.15, 0.2) is 29.2 Å². The van der Waals surface area contributed by atoms with Crippen molar-refractivity contribution in [2.45, 2.75) is 37.3 Å². The van der Waals surface area contributed by atoms with Gasteiger partial charge in [-0.2, -0.15) is 4.72 Å². The highest BCUT2D eigenvalue weighted by molar-refractivity contribution is 7.89. The molecule has 4 nitrogen and oxygen atoms in total. The van der Waals surface area contributed by atoms with E-state index in [0.717, 1.165) is 5.56 Å². The van der Waals surface area contributed by atoms with Gasteiger partial charge >= 0.3 is 0 Å². The first-order chi connectivity index (χ1) is 8.35. The monoisotopic (exact) mass is 267 g/mol. The number of hydrogen-bond acceptors (Lipinski definition) is 3. The van der Waals surface area contributed by atoms with Crippen LogP contribution in [0.25, 0.3) is 0 Å². The molecule has 0 fully saturated rings. The molecular formula is C13H17NO3S. The fourth-order valence-electron chi connectivity index (χ4n) is 1.46. The third-order valence-corrected chi connectivity index (χ3v) is 3.89. The van der Waals surface area contributed by atoms with Crippen molar-refractivity contribution in [3.05, 3.63) is 29.8 Å².